The van der Waals surface area contributed by atoms with Crippen molar-refractivity contribution in [2.45, 2.75) is 38.0 Å². The number of carboxylic acids is 1. The highest BCUT2D eigenvalue weighted by molar-refractivity contribution is 5.84. The summed E-state index contributed by atoms with van der Waals surface area (Å²) < 4.78 is 0. The molecule has 1 heterocycles. The number of carboxylic acid groups (broad SMARTS) is 1. The molecule has 0 aliphatic carbocycles. The van der Waals surface area contributed by atoms with Crippen LogP contribution in [0.25, 0.3) is 0 Å². The number of nitrogens with two attached hydrogens (primary N) is 1. The largest absolute Gasteiger partial charge is 0.480 e. The molecule has 2 unspecified atom stereocenters. The average Bonchev–Trinajstić information content (AvgIpc) is 2.58. The van der Waals surface area contributed by atoms with Gasteiger partial charge < -0.3 is 26.2 Å². The van der Waals surface area contributed by atoms with E-state index in [0.717, 1.165) is 4.90 Å². The number of likely N-dealkylation sites (tertiary alicyclic amines) is 1. The fraction of sp³-hybridized carbons (Fsp3) is 0.700. The van der Waals surface area contributed by atoms with Crippen LogP contribution in [0.4, 0.5) is 4.79 Å². The molecule has 0 aromatic heterocycles. The first-order valence-corrected chi connectivity index (χ1v) is 5.57. The second kappa shape index (κ2) is 5.67. The van der Waals surface area contributed by atoms with Gasteiger partial charge in [0.25, 0.3) is 0 Å². The van der Waals surface area contributed by atoms with E-state index >= 15 is 0 Å². The van der Waals surface area contributed by atoms with E-state index in [0.29, 0.717) is 0 Å². The van der Waals surface area contributed by atoms with Crippen molar-refractivity contribution >= 4 is 17.9 Å². The van der Waals surface area contributed by atoms with E-state index in [2.05, 4.69) is 5.32 Å². The van der Waals surface area contributed by atoms with Crippen molar-refractivity contribution in [3.8, 4) is 0 Å². The van der Waals surface area contributed by atoms with Crippen LogP contribution in [0, 0.1) is 0 Å². The van der Waals surface area contributed by atoms with Crippen molar-refractivity contribution < 1.29 is 24.6 Å². The van der Waals surface area contributed by atoms with E-state index in [1.807, 2.05) is 0 Å². The Balaban J connectivity index is 2.60. The number of aliphatic hydroxyl groups is 1. The van der Waals surface area contributed by atoms with Gasteiger partial charge in [0.2, 0.25) is 5.91 Å². The maximum Gasteiger partial charge on any atom is 0.326 e. The molecule has 3 atom stereocenters. The van der Waals surface area contributed by atoms with Crippen molar-refractivity contribution in [2.24, 2.45) is 5.73 Å². The predicted molar refractivity (Wildman–Crippen MR) is 60.6 cm³/mol. The SMILES string of the molecule is CC(CC(N)=O)NC(=O)N1CC(O)C[C@H]1C(=O)O. The van der Waals surface area contributed by atoms with Crippen LogP contribution in [-0.2, 0) is 9.59 Å². The van der Waals surface area contributed by atoms with Gasteiger partial charge in [-0.2, -0.15) is 0 Å². The molecule has 18 heavy (non-hydrogen) atoms. The lowest BCUT2D eigenvalue weighted by Crippen LogP contribution is -2.49. The second-order valence-electron chi connectivity index (χ2n) is 4.42. The number of β-amino-alcohol motifs (C(OH)–C–C–N with tert-alkyl or cyclic N) is 1. The molecule has 0 spiro atoms. The number of nitrogens with zero attached hydrogens (tertiary/aromatic N) is 1. The molecule has 0 aromatic carbocycles. The van der Waals surface area contributed by atoms with E-state index in [9.17, 15) is 19.5 Å². The van der Waals surface area contributed by atoms with E-state index in [1.54, 1.807) is 6.92 Å². The van der Waals surface area contributed by atoms with Gasteiger partial charge in [-0.3, -0.25) is 4.79 Å². The van der Waals surface area contributed by atoms with E-state index < -0.39 is 36.1 Å². The Bertz CT molecular complexity index is 359. The topological polar surface area (TPSA) is 133 Å². The minimum Gasteiger partial charge on any atom is -0.480 e. The molecule has 1 fully saturated rings. The Kier molecular flexibility index (Phi) is 4.49. The maximum atomic E-state index is 11.8. The van der Waals surface area contributed by atoms with Gasteiger partial charge in [0.15, 0.2) is 0 Å². The molecule has 8 heteroatoms. The van der Waals surface area contributed by atoms with E-state index in [4.69, 9.17) is 10.8 Å². The van der Waals surface area contributed by atoms with Gasteiger partial charge in [0, 0.05) is 25.4 Å². The zero-order chi connectivity index (χ0) is 13.9. The molecule has 0 radical (unpaired) electrons. The number of rotatable bonds is 4. The molecule has 102 valence electrons. The number of urea groups is 1. The number of amides is 3. The number of primary amides is 1. The number of hydrogen-bond donors (Lipinski definition) is 4. The molecule has 1 aliphatic heterocycles. The first kappa shape index (κ1) is 14.2. The molecular weight excluding hydrogens is 242 g/mol. The van der Waals surface area contributed by atoms with Crippen LogP contribution in [-0.4, -0.2) is 57.8 Å². The summed E-state index contributed by atoms with van der Waals surface area (Å²) in [4.78, 5) is 34.4. The van der Waals surface area contributed by atoms with Crippen LogP contribution in [0.5, 0.6) is 0 Å². The van der Waals surface area contributed by atoms with Gasteiger partial charge in [-0.25, -0.2) is 9.59 Å². The average molecular weight is 259 g/mol. The van der Waals surface area contributed by atoms with Crippen LogP contribution in [0.2, 0.25) is 0 Å². The van der Waals surface area contributed by atoms with Crippen molar-refractivity contribution in [1.29, 1.82) is 0 Å². The minimum absolute atomic E-state index is 0.00690. The lowest BCUT2D eigenvalue weighted by molar-refractivity contribution is -0.141. The first-order valence-electron chi connectivity index (χ1n) is 5.57. The van der Waals surface area contributed by atoms with Crippen molar-refractivity contribution in [1.82, 2.24) is 10.2 Å². The van der Waals surface area contributed by atoms with Crippen molar-refractivity contribution in [3.05, 3.63) is 0 Å². The third-order valence-corrected chi connectivity index (χ3v) is 2.70. The summed E-state index contributed by atoms with van der Waals surface area (Å²) >= 11 is 0. The number of carbonyl (C=O) groups excluding carboxylic acids is 2. The summed E-state index contributed by atoms with van der Waals surface area (Å²) in [5, 5.41) is 20.8. The quantitative estimate of drug-likeness (QED) is 0.486. The van der Waals surface area contributed by atoms with Crippen LogP contribution in [0.1, 0.15) is 19.8 Å². The molecule has 8 nitrogen and oxygen atoms in total. The Hall–Kier alpha value is -1.83. The third kappa shape index (κ3) is 3.59. The summed E-state index contributed by atoms with van der Waals surface area (Å²) in [7, 11) is 0. The Labute approximate surface area is 104 Å². The molecule has 1 rings (SSSR count). The van der Waals surface area contributed by atoms with Crippen molar-refractivity contribution in [2.75, 3.05) is 6.54 Å². The molecular formula is C10H17N3O5. The monoisotopic (exact) mass is 259 g/mol. The summed E-state index contributed by atoms with van der Waals surface area (Å²) in [5.74, 6) is -1.72. The number of aliphatic carboxylic acids is 1. The molecule has 0 saturated carbocycles. The van der Waals surface area contributed by atoms with Gasteiger partial charge in [-0.1, -0.05) is 0 Å². The maximum absolute atomic E-state index is 11.8. The van der Waals surface area contributed by atoms with Gasteiger partial charge in [0.1, 0.15) is 6.04 Å². The Morgan fingerprint density at radius 1 is 1.50 bits per heavy atom. The van der Waals surface area contributed by atoms with Crippen LogP contribution in [0.15, 0.2) is 0 Å². The lowest BCUT2D eigenvalue weighted by Gasteiger charge is -2.23. The van der Waals surface area contributed by atoms with Crippen LogP contribution in [0.3, 0.4) is 0 Å². The minimum atomic E-state index is -1.16. The Morgan fingerprint density at radius 2 is 2.11 bits per heavy atom. The fourth-order valence-electron chi connectivity index (χ4n) is 1.92. The molecule has 3 amide bonds. The molecule has 0 bridgehead atoms. The Morgan fingerprint density at radius 3 is 2.61 bits per heavy atom. The number of hydrogen-bond acceptors (Lipinski definition) is 4. The molecule has 5 N–H and O–H groups in total. The number of aliphatic hydroxyl groups excluding tert-OH is 1. The second-order valence-corrected chi connectivity index (χ2v) is 4.42. The molecule has 1 saturated heterocycles. The van der Waals surface area contributed by atoms with E-state index in [-0.39, 0.29) is 19.4 Å². The highest BCUT2D eigenvalue weighted by Crippen LogP contribution is 2.18. The van der Waals surface area contributed by atoms with Gasteiger partial charge in [-0.15, -0.1) is 0 Å². The smallest absolute Gasteiger partial charge is 0.326 e. The normalized spacial score (nSPS) is 24.7. The van der Waals surface area contributed by atoms with Gasteiger partial charge in [0.05, 0.1) is 6.10 Å². The summed E-state index contributed by atoms with van der Waals surface area (Å²) in [5.41, 5.74) is 4.98. The standard InChI is InChI=1S/C10H17N3O5/c1-5(2-8(11)15)12-10(18)13-4-6(14)3-7(13)9(16)17/h5-7,14H,2-4H2,1H3,(H2,11,15)(H,12,18)(H,16,17)/t5?,6?,7-/m0/s1. The van der Waals surface area contributed by atoms with Gasteiger partial charge >= 0.3 is 12.0 Å². The van der Waals surface area contributed by atoms with Crippen LogP contribution < -0.4 is 11.1 Å². The number of carbonyl (C=O) groups is 3. The zero-order valence-corrected chi connectivity index (χ0v) is 10.00. The van der Waals surface area contributed by atoms with Crippen LogP contribution >= 0.6 is 0 Å². The summed E-state index contributed by atoms with van der Waals surface area (Å²) in [6.07, 6.45) is -0.865. The lowest BCUT2D eigenvalue weighted by atomic mass is 10.2. The zero-order valence-electron chi connectivity index (χ0n) is 10.00. The third-order valence-electron chi connectivity index (χ3n) is 2.70. The highest BCUT2D eigenvalue weighted by atomic mass is 16.4. The highest BCUT2D eigenvalue weighted by Gasteiger charge is 2.39. The fourth-order valence-corrected chi connectivity index (χ4v) is 1.92. The number of nitrogens with one attached hydrogen (secondary N) is 1. The summed E-state index contributed by atoms with van der Waals surface area (Å²) in [6, 6.07) is -2.14. The van der Waals surface area contributed by atoms with E-state index in [1.165, 1.54) is 0 Å². The molecule has 0 aromatic rings. The van der Waals surface area contributed by atoms with Crippen molar-refractivity contribution in [3.63, 3.8) is 0 Å². The predicted octanol–water partition coefficient (Wildman–Crippen LogP) is -1.52. The summed E-state index contributed by atoms with van der Waals surface area (Å²) in [6.45, 7) is 1.55. The van der Waals surface area contributed by atoms with Gasteiger partial charge in [-0.05, 0) is 6.92 Å². The molecule has 1 aliphatic rings. The first-order chi connectivity index (χ1) is 8.31.